The lowest BCUT2D eigenvalue weighted by Gasteiger charge is -2.39. The second-order valence-electron chi connectivity index (χ2n) is 4.52. The summed E-state index contributed by atoms with van der Waals surface area (Å²) in [4.78, 5) is 13.5. The molecule has 1 fully saturated rings. The van der Waals surface area contributed by atoms with Gasteiger partial charge in [-0.2, -0.15) is 0 Å². The third kappa shape index (κ3) is 3.85. The molecule has 5 nitrogen and oxygen atoms in total. The largest absolute Gasteiger partial charge is 0.314 e. The van der Waals surface area contributed by atoms with Crippen LogP contribution in [0.1, 0.15) is 6.92 Å². The van der Waals surface area contributed by atoms with Crippen molar-refractivity contribution in [2.75, 3.05) is 26.2 Å². The van der Waals surface area contributed by atoms with Crippen molar-refractivity contribution in [2.24, 2.45) is 0 Å². The van der Waals surface area contributed by atoms with E-state index in [1.165, 1.54) is 12.1 Å². The summed E-state index contributed by atoms with van der Waals surface area (Å²) in [5.74, 6) is 0. The zero-order valence-corrected chi connectivity index (χ0v) is 12.4. The summed E-state index contributed by atoms with van der Waals surface area (Å²) in [5, 5.41) is 13.9. The molecule has 104 valence electrons. The molecule has 1 heterocycles. The first kappa shape index (κ1) is 14.6. The van der Waals surface area contributed by atoms with Gasteiger partial charge in [-0.1, -0.05) is 11.8 Å². The number of rotatable bonds is 4. The SMILES string of the molecule is CC(S)(Sc1ccc([N+](=O)[O-])cc1)N1CCNCC1. The Bertz CT molecular complexity index is 445. The van der Waals surface area contributed by atoms with Crippen LogP contribution < -0.4 is 5.32 Å². The van der Waals surface area contributed by atoms with E-state index in [9.17, 15) is 10.1 Å². The molecule has 0 bridgehead atoms. The summed E-state index contributed by atoms with van der Waals surface area (Å²) in [5.41, 5.74) is 0.118. The van der Waals surface area contributed by atoms with Crippen LogP contribution in [0.2, 0.25) is 0 Å². The maximum absolute atomic E-state index is 10.6. The summed E-state index contributed by atoms with van der Waals surface area (Å²) in [6, 6.07) is 6.62. The average Bonchev–Trinajstić information content (AvgIpc) is 2.40. The van der Waals surface area contributed by atoms with Gasteiger partial charge in [0.1, 0.15) is 4.20 Å². The van der Waals surface area contributed by atoms with E-state index in [1.807, 2.05) is 0 Å². The first-order valence-corrected chi connectivity index (χ1v) is 7.37. The quantitative estimate of drug-likeness (QED) is 0.293. The van der Waals surface area contributed by atoms with Crippen LogP contribution in [0, 0.1) is 10.1 Å². The first-order valence-electron chi connectivity index (χ1n) is 6.11. The normalized spacial score (nSPS) is 19.9. The van der Waals surface area contributed by atoms with Crippen LogP contribution in [0.25, 0.3) is 0 Å². The molecule has 7 heteroatoms. The number of thioether (sulfide) groups is 1. The zero-order valence-electron chi connectivity index (χ0n) is 10.7. The number of non-ortho nitro benzene ring substituents is 1. The number of benzene rings is 1. The van der Waals surface area contributed by atoms with E-state index >= 15 is 0 Å². The lowest BCUT2D eigenvalue weighted by Crippen LogP contribution is -2.50. The minimum Gasteiger partial charge on any atom is -0.314 e. The van der Waals surface area contributed by atoms with Crippen molar-refractivity contribution in [1.82, 2.24) is 10.2 Å². The second kappa shape index (κ2) is 6.13. The van der Waals surface area contributed by atoms with Gasteiger partial charge in [-0.3, -0.25) is 15.0 Å². The van der Waals surface area contributed by atoms with Crippen molar-refractivity contribution in [1.29, 1.82) is 0 Å². The number of nitro groups is 1. The highest BCUT2D eigenvalue weighted by atomic mass is 32.2. The molecule has 1 aliphatic rings. The van der Waals surface area contributed by atoms with Gasteiger partial charge in [-0.15, -0.1) is 12.6 Å². The molecule has 0 aromatic heterocycles. The predicted molar refractivity (Wildman–Crippen MR) is 80.8 cm³/mol. The van der Waals surface area contributed by atoms with Gasteiger partial charge in [0, 0.05) is 43.2 Å². The molecule has 19 heavy (non-hydrogen) atoms. The molecule has 0 amide bonds. The fourth-order valence-electron chi connectivity index (χ4n) is 2.00. The smallest absolute Gasteiger partial charge is 0.269 e. The standard InChI is InChI=1S/C12H17N3O2S2/c1-12(18,14-8-6-13-7-9-14)19-11-4-2-10(3-5-11)15(16)17/h2-5,13,18H,6-9H2,1H3. The molecule has 0 saturated carbocycles. The number of hydrogen-bond acceptors (Lipinski definition) is 6. The number of nitrogens with one attached hydrogen (secondary N) is 1. The van der Waals surface area contributed by atoms with Crippen molar-refractivity contribution < 1.29 is 4.92 Å². The Morgan fingerprint density at radius 3 is 2.47 bits per heavy atom. The van der Waals surface area contributed by atoms with Crippen LogP contribution >= 0.6 is 24.4 Å². The van der Waals surface area contributed by atoms with E-state index in [1.54, 1.807) is 23.9 Å². The van der Waals surface area contributed by atoms with Crippen molar-refractivity contribution in [2.45, 2.75) is 16.0 Å². The number of piperazine rings is 1. The van der Waals surface area contributed by atoms with E-state index in [-0.39, 0.29) is 14.8 Å². The van der Waals surface area contributed by atoms with E-state index in [2.05, 4.69) is 17.1 Å². The zero-order chi connectivity index (χ0) is 13.9. The van der Waals surface area contributed by atoms with Crippen LogP contribution in [0.3, 0.4) is 0 Å². The van der Waals surface area contributed by atoms with Gasteiger partial charge in [-0.05, 0) is 19.1 Å². The molecule has 2 rings (SSSR count). The number of hydrogen-bond donors (Lipinski definition) is 2. The van der Waals surface area contributed by atoms with Crippen molar-refractivity contribution in [3.05, 3.63) is 34.4 Å². The summed E-state index contributed by atoms with van der Waals surface area (Å²) in [6.07, 6.45) is 0. The first-order chi connectivity index (χ1) is 8.99. The highest BCUT2D eigenvalue weighted by molar-refractivity contribution is 8.11. The maximum atomic E-state index is 10.6. The third-order valence-corrected chi connectivity index (χ3v) is 4.77. The van der Waals surface area contributed by atoms with Crippen molar-refractivity contribution in [3.8, 4) is 0 Å². The molecule has 1 N–H and O–H groups in total. The van der Waals surface area contributed by atoms with E-state index in [4.69, 9.17) is 12.6 Å². The Morgan fingerprint density at radius 2 is 1.95 bits per heavy atom. The lowest BCUT2D eigenvalue weighted by atomic mass is 10.3. The van der Waals surface area contributed by atoms with Crippen molar-refractivity contribution >= 4 is 30.1 Å². The Kier molecular flexibility index (Phi) is 4.72. The number of nitro benzene ring substituents is 1. The van der Waals surface area contributed by atoms with Gasteiger partial charge in [0.15, 0.2) is 0 Å². The molecule has 1 aromatic rings. The van der Waals surface area contributed by atoms with E-state index in [0.29, 0.717) is 0 Å². The van der Waals surface area contributed by atoms with Gasteiger partial charge < -0.3 is 5.32 Å². The predicted octanol–water partition coefficient (Wildman–Crippen LogP) is 2.20. The molecule has 0 aliphatic carbocycles. The Balaban J connectivity index is 2.04. The van der Waals surface area contributed by atoms with E-state index in [0.717, 1.165) is 31.1 Å². The topological polar surface area (TPSA) is 58.4 Å². The van der Waals surface area contributed by atoms with Crippen LogP contribution in [0.15, 0.2) is 29.2 Å². The number of nitrogens with zero attached hydrogens (tertiary/aromatic N) is 2. The molecule has 0 spiro atoms. The van der Waals surface area contributed by atoms with Gasteiger partial charge >= 0.3 is 0 Å². The maximum Gasteiger partial charge on any atom is 0.269 e. The fraction of sp³-hybridized carbons (Fsp3) is 0.500. The fourth-order valence-corrected chi connectivity index (χ4v) is 3.55. The molecular weight excluding hydrogens is 282 g/mol. The Morgan fingerprint density at radius 1 is 1.37 bits per heavy atom. The van der Waals surface area contributed by atoms with E-state index < -0.39 is 0 Å². The summed E-state index contributed by atoms with van der Waals surface area (Å²) < 4.78 is -0.307. The third-order valence-electron chi connectivity index (χ3n) is 3.06. The lowest BCUT2D eigenvalue weighted by molar-refractivity contribution is -0.384. The highest BCUT2D eigenvalue weighted by Gasteiger charge is 2.30. The van der Waals surface area contributed by atoms with Gasteiger partial charge in [0.25, 0.3) is 5.69 Å². The molecular formula is C12H17N3O2S2. The Labute approximate surface area is 122 Å². The van der Waals surface area contributed by atoms with Gasteiger partial charge in [0.05, 0.1) is 4.92 Å². The summed E-state index contributed by atoms with van der Waals surface area (Å²) in [7, 11) is 0. The van der Waals surface area contributed by atoms with Crippen molar-refractivity contribution in [3.63, 3.8) is 0 Å². The molecule has 1 atom stereocenters. The van der Waals surface area contributed by atoms with Crippen LogP contribution in [-0.2, 0) is 0 Å². The Hall–Kier alpha value is -0.760. The molecule has 1 unspecified atom stereocenters. The molecule has 1 saturated heterocycles. The highest BCUT2D eigenvalue weighted by Crippen LogP contribution is 2.39. The van der Waals surface area contributed by atoms with Gasteiger partial charge in [-0.25, -0.2) is 0 Å². The second-order valence-corrected chi connectivity index (χ2v) is 7.17. The van der Waals surface area contributed by atoms with Crippen LogP contribution in [0.5, 0.6) is 0 Å². The minimum absolute atomic E-state index is 0.118. The molecule has 1 aromatic carbocycles. The summed E-state index contributed by atoms with van der Waals surface area (Å²) >= 11 is 6.35. The average molecular weight is 299 g/mol. The monoisotopic (exact) mass is 299 g/mol. The van der Waals surface area contributed by atoms with Crippen LogP contribution in [-0.4, -0.2) is 40.2 Å². The van der Waals surface area contributed by atoms with Gasteiger partial charge in [0.2, 0.25) is 0 Å². The summed E-state index contributed by atoms with van der Waals surface area (Å²) in [6.45, 7) is 5.92. The molecule has 1 aliphatic heterocycles. The molecule has 0 radical (unpaired) electrons. The minimum atomic E-state index is -0.384. The van der Waals surface area contributed by atoms with Crippen LogP contribution in [0.4, 0.5) is 5.69 Å². The number of thiol groups is 1.